The minimum Gasteiger partial charge on any atom is -0.386 e. The molecule has 100 valence electrons. The largest absolute Gasteiger partial charge is 0.386 e. The van der Waals surface area contributed by atoms with Crippen molar-refractivity contribution in [3.63, 3.8) is 0 Å². The van der Waals surface area contributed by atoms with Crippen LogP contribution >= 0.6 is 0 Å². The maximum Gasteiger partial charge on any atom is 0.225 e. The minimum atomic E-state index is -0.871. The molecule has 0 amide bonds. The van der Waals surface area contributed by atoms with Crippen molar-refractivity contribution >= 4 is 5.95 Å². The number of nitrogens with zero attached hydrogens (tertiary/aromatic N) is 3. The highest BCUT2D eigenvalue weighted by atomic mass is 16.3. The van der Waals surface area contributed by atoms with Gasteiger partial charge in [-0.2, -0.15) is 0 Å². The van der Waals surface area contributed by atoms with Crippen LogP contribution in [0, 0.1) is 11.8 Å². The molecule has 1 fully saturated rings. The van der Waals surface area contributed by atoms with Crippen LogP contribution < -0.4 is 4.90 Å². The van der Waals surface area contributed by atoms with E-state index in [0.717, 1.165) is 30.5 Å². The van der Waals surface area contributed by atoms with Gasteiger partial charge in [0.1, 0.15) is 0 Å². The van der Waals surface area contributed by atoms with Gasteiger partial charge in [-0.1, -0.05) is 13.8 Å². The fourth-order valence-electron chi connectivity index (χ4n) is 2.31. The predicted molar refractivity (Wildman–Crippen MR) is 72.4 cm³/mol. The summed E-state index contributed by atoms with van der Waals surface area (Å²) in [6.45, 7) is 10.1. The van der Waals surface area contributed by atoms with Crippen molar-refractivity contribution in [2.24, 2.45) is 11.8 Å². The van der Waals surface area contributed by atoms with Crippen molar-refractivity contribution in [2.45, 2.75) is 39.7 Å². The molecule has 1 aromatic rings. The Hall–Kier alpha value is -1.16. The molecule has 2 rings (SSSR count). The van der Waals surface area contributed by atoms with E-state index in [0.29, 0.717) is 5.92 Å². The molecule has 2 heterocycles. The molecule has 18 heavy (non-hydrogen) atoms. The second-order valence-corrected chi connectivity index (χ2v) is 6.07. The Balaban J connectivity index is 2.07. The first-order valence-corrected chi connectivity index (χ1v) is 6.68. The molecule has 1 aromatic heterocycles. The molecule has 1 saturated heterocycles. The monoisotopic (exact) mass is 249 g/mol. The molecule has 1 aliphatic rings. The van der Waals surface area contributed by atoms with Crippen molar-refractivity contribution in [1.82, 2.24) is 9.97 Å². The SMILES string of the molecule is CC(C)[C@H]1CCN(c2ncc(C(C)(C)O)cn2)C1. The van der Waals surface area contributed by atoms with Crippen LogP contribution in [-0.4, -0.2) is 28.2 Å². The molecular weight excluding hydrogens is 226 g/mol. The standard InChI is InChI=1S/C14H23N3O/c1-10(2)11-5-6-17(9-11)13-15-7-12(8-16-13)14(3,4)18/h7-8,10-11,18H,5-6,9H2,1-4H3/t11-/m0/s1. The Morgan fingerprint density at radius 2 is 1.94 bits per heavy atom. The molecule has 0 unspecified atom stereocenters. The molecule has 4 heteroatoms. The molecule has 0 saturated carbocycles. The number of aliphatic hydroxyl groups is 1. The van der Waals surface area contributed by atoms with Crippen LogP contribution in [0.1, 0.15) is 39.7 Å². The maximum atomic E-state index is 9.87. The average Bonchev–Trinajstić information content (AvgIpc) is 2.77. The van der Waals surface area contributed by atoms with Crippen molar-refractivity contribution < 1.29 is 5.11 Å². The van der Waals surface area contributed by atoms with E-state index in [2.05, 4.69) is 28.7 Å². The lowest BCUT2D eigenvalue weighted by molar-refractivity contribution is 0.0778. The molecule has 0 bridgehead atoms. The van der Waals surface area contributed by atoms with Crippen LogP contribution in [0.4, 0.5) is 5.95 Å². The summed E-state index contributed by atoms with van der Waals surface area (Å²) in [5, 5.41) is 9.87. The van der Waals surface area contributed by atoms with Crippen LogP contribution in [0.5, 0.6) is 0 Å². The molecule has 0 spiro atoms. The Morgan fingerprint density at radius 3 is 2.39 bits per heavy atom. The second kappa shape index (κ2) is 4.84. The van der Waals surface area contributed by atoms with Crippen LogP contribution in [0.25, 0.3) is 0 Å². The second-order valence-electron chi connectivity index (χ2n) is 6.07. The number of hydrogen-bond donors (Lipinski definition) is 1. The summed E-state index contributed by atoms with van der Waals surface area (Å²) in [6, 6.07) is 0. The Kier molecular flexibility index (Phi) is 3.57. The van der Waals surface area contributed by atoms with Crippen LogP contribution in [-0.2, 0) is 5.60 Å². The van der Waals surface area contributed by atoms with E-state index in [4.69, 9.17) is 0 Å². The Bertz CT molecular complexity index is 394. The van der Waals surface area contributed by atoms with Gasteiger partial charge in [0, 0.05) is 31.0 Å². The van der Waals surface area contributed by atoms with Gasteiger partial charge in [0.05, 0.1) is 5.60 Å². The third-order valence-corrected chi connectivity index (χ3v) is 3.80. The molecule has 4 nitrogen and oxygen atoms in total. The van der Waals surface area contributed by atoms with E-state index in [1.165, 1.54) is 6.42 Å². The quantitative estimate of drug-likeness (QED) is 0.892. The van der Waals surface area contributed by atoms with Crippen molar-refractivity contribution in [1.29, 1.82) is 0 Å². The smallest absolute Gasteiger partial charge is 0.225 e. The van der Waals surface area contributed by atoms with Crippen LogP contribution in [0.3, 0.4) is 0 Å². The molecular formula is C14H23N3O. The van der Waals surface area contributed by atoms with Gasteiger partial charge in [0.2, 0.25) is 5.95 Å². The summed E-state index contributed by atoms with van der Waals surface area (Å²) in [5.74, 6) is 2.24. The van der Waals surface area contributed by atoms with E-state index in [1.807, 2.05) is 0 Å². The number of anilines is 1. The summed E-state index contributed by atoms with van der Waals surface area (Å²) in [4.78, 5) is 11.0. The number of hydrogen-bond acceptors (Lipinski definition) is 4. The number of aromatic nitrogens is 2. The van der Waals surface area contributed by atoms with Crippen LogP contribution in [0.2, 0.25) is 0 Å². The lowest BCUT2D eigenvalue weighted by atomic mass is 9.95. The van der Waals surface area contributed by atoms with Gasteiger partial charge in [-0.15, -0.1) is 0 Å². The zero-order chi connectivity index (χ0) is 13.3. The number of rotatable bonds is 3. The van der Waals surface area contributed by atoms with E-state index in [1.54, 1.807) is 26.2 Å². The lowest BCUT2D eigenvalue weighted by Crippen LogP contribution is -2.24. The van der Waals surface area contributed by atoms with Crippen molar-refractivity contribution in [3.05, 3.63) is 18.0 Å². The summed E-state index contributed by atoms with van der Waals surface area (Å²) >= 11 is 0. The molecule has 0 aliphatic carbocycles. The van der Waals surface area contributed by atoms with E-state index in [-0.39, 0.29) is 0 Å². The highest BCUT2D eigenvalue weighted by Crippen LogP contribution is 2.26. The van der Waals surface area contributed by atoms with Gasteiger partial charge in [0.15, 0.2) is 0 Å². The van der Waals surface area contributed by atoms with E-state index in [9.17, 15) is 5.11 Å². The summed E-state index contributed by atoms with van der Waals surface area (Å²) in [7, 11) is 0. The highest BCUT2D eigenvalue weighted by Gasteiger charge is 2.26. The highest BCUT2D eigenvalue weighted by molar-refractivity contribution is 5.32. The third-order valence-electron chi connectivity index (χ3n) is 3.80. The Morgan fingerprint density at radius 1 is 1.33 bits per heavy atom. The van der Waals surface area contributed by atoms with Gasteiger partial charge in [-0.05, 0) is 32.1 Å². The van der Waals surface area contributed by atoms with Crippen molar-refractivity contribution in [2.75, 3.05) is 18.0 Å². The molecule has 0 aromatic carbocycles. The normalized spacial score (nSPS) is 20.8. The minimum absolute atomic E-state index is 0.714. The van der Waals surface area contributed by atoms with Crippen LogP contribution in [0.15, 0.2) is 12.4 Å². The topological polar surface area (TPSA) is 49.2 Å². The first-order chi connectivity index (χ1) is 8.38. The summed E-state index contributed by atoms with van der Waals surface area (Å²) in [5.41, 5.74) is -0.116. The lowest BCUT2D eigenvalue weighted by Gasteiger charge is -2.20. The van der Waals surface area contributed by atoms with Crippen molar-refractivity contribution in [3.8, 4) is 0 Å². The van der Waals surface area contributed by atoms with Gasteiger partial charge in [0.25, 0.3) is 0 Å². The summed E-state index contributed by atoms with van der Waals surface area (Å²) in [6.07, 6.45) is 4.67. The summed E-state index contributed by atoms with van der Waals surface area (Å²) < 4.78 is 0. The van der Waals surface area contributed by atoms with Gasteiger partial charge < -0.3 is 10.0 Å². The first kappa shape index (κ1) is 13.3. The van der Waals surface area contributed by atoms with E-state index >= 15 is 0 Å². The molecule has 1 N–H and O–H groups in total. The first-order valence-electron chi connectivity index (χ1n) is 6.68. The zero-order valence-corrected chi connectivity index (χ0v) is 11.7. The maximum absolute atomic E-state index is 9.87. The molecule has 1 atom stereocenters. The van der Waals surface area contributed by atoms with Gasteiger partial charge in [-0.3, -0.25) is 0 Å². The molecule has 1 aliphatic heterocycles. The van der Waals surface area contributed by atoms with Gasteiger partial charge >= 0.3 is 0 Å². The fourth-order valence-corrected chi connectivity index (χ4v) is 2.31. The zero-order valence-electron chi connectivity index (χ0n) is 11.7. The average molecular weight is 249 g/mol. The molecule has 0 radical (unpaired) electrons. The Labute approximate surface area is 109 Å². The van der Waals surface area contributed by atoms with E-state index < -0.39 is 5.60 Å². The predicted octanol–water partition coefficient (Wildman–Crippen LogP) is 2.19. The van der Waals surface area contributed by atoms with Gasteiger partial charge in [-0.25, -0.2) is 9.97 Å². The fraction of sp³-hybridized carbons (Fsp3) is 0.714. The third kappa shape index (κ3) is 2.80.